The fraction of sp³-hybridized carbons (Fsp3) is 0.321. The molecule has 5 N–H and O–H groups in total. The zero-order chi connectivity index (χ0) is 52.5. The molecule has 2 aromatic carbocycles. The van der Waals surface area contributed by atoms with Crippen molar-refractivity contribution in [3.63, 3.8) is 0 Å². The van der Waals surface area contributed by atoms with Crippen molar-refractivity contribution in [3.8, 4) is 45.0 Å². The van der Waals surface area contributed by atoms with Gasteiger partial charge in [-0.15, -0.1) is 22.7 Å². The number of carbonyl (C=O) groups excluding carboxylic acids is 1. The van der Waals surface area contributed by atoms with Crippen LogP contribution in [0.2, 0.25) is 0 Å². The summed E-state index contributed by atoms with van der Waals surface area (Å²) in [5, 5.41) is 20.9. The van der Waals surface area contributed by atoms with Crippen LogP contribution in [-0.4, -0.2) is 76.3 Å². The maximum atomic E-state index is 13.0. The Morgan fingerprint density at radius 1 is 0.635 bits per heavy atom. The largest absolute Gasteiger partial charge is 0.477 e. The number of carboxylic acid groups (broad SMARTS) is 1. The number of benzene rings is 2. The zero-order valence-electron chi connectivity index (χ0n) is 43.2. The molecule has 8 aromatic heterocycles. The highest BCUT2D eigenvalue weighted by atomic mass is 32.1. The van der Waals surface area contributed by atoms with Gasteiger partial charge in [0.15, 0.2) is 5.78 Å². The molecule has 8 heterocycles. The molecule has 0 spiro atoms. The maximum Gasteiger partial charge on any atom is 0.347 e. The number of H-pyrrole nitrogens is 2. The molecule has 0 aliphatic rings. The summed E-state index contributed by atoms with van der Waals surface area (Å²) in [7, 11) is 3.80. The molecule has 16 nitrogen and oxygen atoms in total. The Kier molecular flexibility index (Phi) is 16.0. The molecule has 18 heteroatoms. The van der Waals surface area contributed by atoms with Crippen LogP contribution in [0.1, 0.15) is 133 Å². The summed E-state index contributed by atoms with van der Waals surface area (Å²) in [5.41, 5.74) is 20.0. The topological polar surface area (TPSA) is 225 Å². The van der Waals surface area contributed by atoms with E-state index in [0.717, 1.165) is 93.1 Å². The molecular formula is C56H65N13O3S2. The summed E-state index contributed by atoms with van der Waals surface area (Å²) in [5.74, 6) is -0.656. The van der Waals surface area contributed by atoms with Gasteiger partial charge >= 0.3 is 5.97 Å². The van der Waals surface area contributed by atoms with Crippen molar-refractivity contribution >= 4 is 56.5 Å². The minimum Gasteiger partial charge on any atom is -0.477 e. The van der Waals surface area contributed by atoms with E-state index in [1.807, 2.05) is 66.6 Å². The van der Waals surface area contributed by atoms with Crippen molar-refractivity contribution in [2.75, 3.05) is 0 Å². The molecule has 384 valence electrons. The first-order valence-corrected chi connectivity index (χ1v) is 25.5. The first kappa shape index (κ1) is 54.2. The number of aryl methyl sites for hydroxylation is 4. The van der Waals surface area contributed by atoms with Crippen molar-refractivity contribution in [1.82, 2.24) is 59.4 Å². The third-order valence-electron chi connectivity index (χ3n) is 12.3. The highest BCUT2D eigenvalue weighted by Crippen LogP contribution is 2.35. The van der Waals surface area contributed by atoms with Crippen LogP contribution >= 0.6 is 22.7 Å². The average Bonchev–Trinajstić information content (AvgIpc) is 4.19. The van der Waals surface area contributed by atoms with E-state index in [9.17, 15) is 9.59 Å². The number of thiazole rings is 2. The first-order valence-electron chi connectivity index (χ1n) is 23.9. The number of nitrogens with zero attached hydrogens (tertiary/aromatic N) is 10. The Morgan fingerprint density at radius 3 is 1.46 bits per heavy atom. The fourth-order valence-corrected chi connectivity index (χ4v) is 10.2. The monoisotopic (exact) mass is 1030 g/mol. The summed E-state index contributed by atoms with van der Waals surface area (Å²) in [4.78, 5) is 57.7. The lowest BCUT2D eigenvalue weighted by atomic mass is 9.90. The molecule has 0 amide bonds. The number of aromatic amines is 2. The highest BCUT2D eigenvalue weighted by molar-refractivity contribution is 7.14. The van der Waals surface area contributed by atoms with E-state index in [1.165, 1.54) is 40.0 Å². The van der Waals surface area contributed by atoms with Gasteiger partial charge in [-0.05, 0) is 73.2 Å². The number of Topliss-reactive ketones (excluding diaryl/α,β-unsaturated/α-hetero) is 1. The Bertz CT molecular complexity index is 3600. The molecule has 2 unspecified atom stereocenters. The molecule has 0 aliphatic heterocycles. The van der Waals surface area contributed by atoms with Crippen molar-refractivity contribution in [1.29, 1.82) is 0 Å². The summed E-state index contributed by atoms with van der Waals surface area (Å²) in [6.07, 6.45) is 14.4. The molecule has 10 rings (SSSR count). The number of aromatic carboxylic acids is 1. The molecule has 10 aromatic rings. The van der Waals surface area contributed by atoms with E-state index in [-0.39, 0.29) is 36.0 Å². The molecule has 0 bridgehead atoms. The van der Waals surface area contributed by atoms with Gasteiger partial charge in [0.2, 0.25) is 0 Å². The van der Waals surface area contributed by atoms with Gasteiger partial charge in [-0.1, -0.05) is 80.2 Å². The second-order valence-corrected chi connectivity index (χ2v) is 22.5. The van der Waals surface area contributed by atoms with Crippen LogP contribution in [0.15, 0.2) is 98.4 Å². The third-order valence-corrected chi connectivity index (χ3v) is 15.1. The number of ketones is 1. The van der Waals surface area contributed by atoms with Gasteiger partial charge in [-0.3, -0.25) is 14.2 Å². The minimum absolute atomic E-state index is 0. The number of fused-ring (bicyclic) bond motifs is 2. The van der Waals surface area contributed by atoms with Crippen molar-refractivity contribution in [2.24, 2.45) is 19.8 Å². The number of nitrogens with one attached hydrogen (secondary N) is 2. The first-order chi connectivity index (χ1) is 34.5. The smallest absolute Gasteiger partial charge is 0.347 e. The Balaban J connectivity index is 0.000000182. The summed E-state index contributed by atoms with van der Waals surface area (Å²) in [6, 6.07) is 16.8. The Labute approximate surface area is 439 Å². The molecule has 74 heavy (non-hydrogen) atoms. The summed E-state index contributed by atoms with van der Waals surface area (Å²) < 4.78 is 3.56. The summed E-state index contributed by atoms with van der Waals surface area (Å²) >= 11 is 2.75. The van der Waals surface area contributed by atoms with Crippen LogP contribution in [0.4, 0.5) is 0 Å². The summed E-state index contributed by atoms with van der Waals surface area (Å²) in [6.45, 7) is 20.7. The Morgan fingerprint density at radius 2 is 1.08 bits per heavy atom. The van der Waals surface area contributed by atoms with E-state index in [2.05, 4.69) is 140 Å². The molecule has 0 saturated heterocycles. The number of hydrogen-bond donors (Lipinski definition) is 4. The van der Waals surface area contributed by atoms with Gasteiger partial charge in [0.1, 0.15) is 28.8 Å². The second-order valence-electron chi connectivity index (χ2n) is 20.5. The molecule has 0 aliphatic carbocycles. The van der Waals surface area contributed by atoms with Crippen LogP contribution in [0.5, 0.6) is 0 Å². The number of hydrogen-bond acceptors (Lipinski definition) is 13. The van der Waals surface area contributed by atoms with Crippen LogP contribution in [0, 0.1) is 13.8 Å². The van der Waals surface area contributed by atoms with E-state index >= 15 is 0 Å². The van der Waals surface area contributed by atoms with E-state index in [4.69, 9.17) is 10.8 Å². The molecule has 0 saturated carbocycles. The quantitative estimate of drug-likeness (QED) is 0.0939. The third kappa shape index (κ3) is 12.1. The van der Waals surface area contributed by atoms with Crippen LogP contribution in [0.3, 0.4) is 0 Å². The lowest BCUT2D eigenvalue weighted by Gasteiger charge is -2.15. The van der Waals surface area contributed by atoms with Gasteiger partial charge in [0.05, 0.1) is 56.3 Å². The van der Waals surface area contributed by atoms with E-state index in [1.54, 1.807) is 28.2 Å². The number of carboxylic acids is 1. The van der Waals surface area contributed by atoms with E-state index in [0.29, 0.717) is 11.3 Å². The fourth-order valence-electron chi connectivity index (χ4n) is 8.44. The predicted octanol–water partition coefficient (Wildman–Crippen LogP) is 12.6. The van der Waals surface area contributed by atoms with Gasteiger partial charge < -0.3 is 20.8 Å². The zero-order valence-corrected chi connectivity index (χ0v) is 44.9. The molecular weight excluding hydrogens is 967 g/mol. The lowest BCUT2D eigenvalue weighted by molar-refractivity contribution is 0.0701. The minimum atomic E-state index is -0.900. The Hall–Kier alpha value is -7.54. The lowest BCUT2D eigenvalue weighted by Crippen LogP contribution is -2.09. The maximum absolute atomic E-state index is 13.0. The normalized spacial score (nSPS) is 12.4. The average molecular weight is 1030 g/mol. The van der Waals surface area contributed by atoms with Gasteiger partial charge in [-0.2, -0.15) is 10.2 Å². The number of rotatable bonds is 10. The number of aromatic nitrogens is 12. The van der Waals surface area contributed by atoms with Crippen LogP contribution < -0.4 is 5.73 Å². The van der Waals surface area contributed by atoms with Crippen LogP contribution in [0.25, 0.3) is 67.1 Å². The number of nitrogens with two attached hydrogens (primary N) is 1. The number of carbonyl (C=O) groups is 2. The van der Waals surface area contributed by atoms with Gasteiger partial charge in [0, 0.05) is 89.0 Å². The predicted molar refractivity (Wildman–Crippen MR) is 298 cm³/mol. The van der Waals surface area contributed by atoms with Crippen molar-refractivity contribution < 1.29 is 14.7 Å². The second kappa shape index (κ2) is 21.9. The van der Waals surface area contributed by atoms with Crippen molar-refractivity contribution in [2.45, 2.75) is 106 Å². The molecule has 2 atom stereocenters. The SMILES string of the molecule is C.CC(C)(C)c1ncc(C(=O)O)s1.Cc1cc(-c2ncnc3[nH]c(-c4cnn(C)c4)cc23)ccc1C(C)CC(=O)c1cnc(C(C)(C)C)s1.Cc1cc(-c2ncnc3[nH]c(-c4cnn(C)c4)cc23)ccc1C(C)N. The van der Waals surface area contributed by atoms with E-state index < -0.39 is 5.97 Å². The molecule has 0 fully saturated rings. The van der Waals surface area contributed by atoms with Crippen molar-refractivity contribution in [3.05, 3.63) is 140 Å². The van der Waals surface area contributed by atoms with Gasteiger partial charge in [0.25, 0.3) is 0 Å². The molecule has 0 radical (unpaired) electrons. The van der Waals surface area contributed by atoms with Crippen LogP contribution in [-0.2, 0) is 24.9 Å². The standard InChI is InChI=1S/C28H30N6OS.C19H20N6.C8H11NO2S.CH4/c1-16-9-18(25-21-11-22(19-12-32-34(6)14-19)33-26(21)31-15-30-25)7-8-20(16)17(2)10-23(35)24-13-29-27(36-24)28(3,4)5;1-11-6-13(4-5-15(11)12(2)20)18-16-7-17(14-8-23-25(3)9-14)24-19(16)22-10-21-18;1-8(2,3)7-9-4-5(12-7)6(10)11;/h7-9,11-15,17H,10H2,1-6H3,(H,30,31,33);4-10,12H,20H2,1-3H3,(H,21,22,24);4H,1-3H3,(H,10,11);1H4. The highest BCUT2D eigenvalue weighted by Gasteiger charge is 2.23. The van der Waals surface area contributed by atoms with Gasteiger partial charge in [-0.25, -0.2) is 34.7 Å².